The van der Waals surface area contributed by atoms with Crippen molar-refractivity contribution in [3.8, 4) is 0 Å². The number of hydrogen-bond donors (Lipinski definition) is 0. The van der Waals surface area contributed by atoms with Crippen molar-refractivity contribution in [3.63, 3.8) is 0 Å². The SMILES string of the molecule is C[Si](C)(C)C.O=C1OCC2C3CCC(O3)C12. The summed E-state index contributed by atoms with van der Waals surface area (Å²) in [6, 6.07) is 0. The second kappa shape index (κ2) is 4.15. The van der Waals surface area contributed by atoms with Crippen LogP contribution in [0.4, 0.5) is 0 Å². The van der Waals surface area contributed by atoms with E-state index in [0.29, 0.717) is 18.6 Å². The number of carbonyl (C=O) groups excluding carboxylic acids is 1. The molecule has 3 aliphatic rings. The monoisotopic (exact) mass is 242 g/mol. The Hall–Kier alpha value is -0.353. The highest BCUT2D eigenvalue weighted by Gasteiger charge is 2.56. The molecule has 3 aliphatic heterocycles. The van der Waals surface area contributed by atoms with Crippen LogP contribution in [0.15, 0.2) is 0 Å². The first kappa shape index (κ1) is 12.1. The quantitative estimate of drug-likeness (QED) is 0.483. The van der Waals surface area contributed by atoms with Gasteiger partial charge in [0.2, 0.25) is 0 Å². The molecule has 3 nitrogen and oxygen atoms in total. The molecule has 0 spiro atoms. The van der Waals surface area contributed by atoms with E-state index in [9.17, 15) is 4.79 Å². The Kier molecular flexibility index (Phi) is 3.14. The Morgan fingerprint density at radius 3 is 2.25 bits per heavy atom. The zero-order valence-electron chi connectivity index (χ0n) is 10.7. The fourth-order valence-electron chi connectivity index (χ4n) is 2.59. The third-order valence-electron chi connectivity index (χ3n) is 3.11. The maximum Gasteiger partial charge on any atom is 0.312 e. The average molecular weight is 242 g/mol. The molecule has 4 unspecified atom stereocenters. The van der Waals surface area contributed by atoms with Crippen molar-refractivity contribution in [1.82, 2.24) is 0 Å². The van der Waals surface area contributed by atoms with E-state index in [0.717, 1.165) is 12.8 Å². The first-order chi connectivity index (χ1) is 7.36. The van der Waals surface area contributed by atoms with Crippen LogP contribution in [0.5, 0.6) is 0 Å². The van der Waals surface area contributed by atoms with Crippen molar-refractivity contribution >= 4 is 14.0 Å². The fraction of sp³-hybridized carbons (Fsp3) is 0.917. The van der Waals surface area contributed by atoms with Crippen LogP contribution in [0, 0.1) is 11.8 Å². The van der Waals surface area contributed by atoms with Gasteiger partial charge in [0.05, 0.1) is 24.7 Å². The molecule has 0 radical (unpaired) electrons. The number of cyclic esters (lactones) is 1. The third-order valence-corrected chi connectivity index (χ3v) is 3.11. The van der Waals surface area contributed by atoms with Gasteiger partial charge < -0.3 is 9.47 Å². The number of carbonyl (C=O) groups is 1. The normalized spacial score (nSPS) is 40.1. The van der Waals surface area contributed by atoms with E-state index in [1.807, 2.05) is 0 Å². The topological polar surface area (TPSA) is 35.5 Å². The Morgan fingerprint density at radius 2 is 1.69 bits per heavy atom. The largest absolute Gasteiger partial charge is 0.465 e. The second-order valence-electron chi connectivity index (χ2n) is 6.61. The van der Waals surface area contributed by atoms with Gasteiger partial charge in [-0.1, -0.05) is 26.2 Å². The molecule has 0 amide bonds. The lowest BCUT2D eigenvalue weighted by Crippen LogP contribution is -2.27. The maximum atomic E-state index is 11.1. The molecule has 4 atom stereocenters. The minimum absolute atomic E-state index is 0.0257. The summed E-state index contributed by atoms with van der Waals surface area (Å²) in [5.74, 6) is 0.456. The van der Waals surface area contributed by atoms with Gasteiger partial charge in [-0.25, -0.2) is 0 Å². The first-order valence-electron chi connectivity index (χ1n) is 6.18. The summed E-state index contributed by atoms with van der Waals surface area (Å²) in [5.41, 5.74) is 0. The molecule has 3 heterocycles. The molecule has 0 aromatic heterocycles. The van der Waals surface area contributed by atoms with E-state index < -0.39 is 8.07 Å². The highest BCUT2D eigenvalue weighted by molar-refractivity contribution is 6.74. The highest BCUT2D eigenvalue weighted by Crippen LogP contribution is 2.46. The summed E-state index contributed by atoms with van der Waals surface area (Å²) in [5, 5.41) is 0. The number of esters is 1. The second-order valence-corrected chi connectivity index (χ2v) is 12.6. The van der Waals surface area contributed by atoms with Crippen LogP contribution in [0.1, 0.15) is 12.8 Å². The summed E-state index contributed by atoms with van der Waals surface area (Å²) in [7, 11) is -0.611. The molecular formula is C12H22O3Si. The molecule has 0 aromatic carbocycles. The molecule has 3 fully saturated rings. The summed E-state index contributed by atoms with van der Waals surface area (Å²) in [6.45, 7) is 9.91. The summed E-state index contributed by atoms with van der Waals surface area (Å²) in [6.07, 6.45) is 2.71. The fourth-order valence-corrected chi connectivity index (χ4v) is 2.59. The van der Waals surface area contributed by atoms with Crippen LogP contribution in [0.25, 0.3) is 0 Å². The molecule has 0 aliphatic carbocycles. The van der Waals surface area contributed by atoms with Crippen molar-refractivity contribution in [2.45, 2.75) is 51.2 Å². The number of hydrogen-bond acceptors (Lipinski definition) is 3. The van der Waals surface area contributed by atoms with Gasteiger partial charge in [0, 0.05) is 14.0 Å². The molecule has 0 N–H and O–H groups in total. The van der Waals surface area contributed by atoms with Gasteiger partial charge in [0.15, 0.2) is 0 Å². The van der Waals surface area contributed by atoms with E-state index in [1.165, 1.54) is 0 Å². The van der Waals surface area contributed by atoms with Crippen molar-refractivity contribution < 1.29 is 14.3 Å². The third kappa shape index (κ3) is 2.48. The number of rotatable bonds is 0. The molecule has 3 saturated heterocycles. The summed E-state index contributed by atoms with van der Waals surface area (Å²) >= 11 is 0. The molecular weight excluding hydrogens is 220 g/mol. The highest BCUT2D eigenvalue weighted by atomic mass is 28.3. The van der Waals surface area contributed by atoms with Crippen LogP contribution >= 0.6 is 0 Å². The Morgan fingerprint density at radius 1 is 1.12 bits per heavy atom. The van der Waals surface area contributed by atoms with Crippen molar-refractivity contribution in [1.29, 1.82) is 0 Å². The average Bonchev–Trinajstić information content (AvgIpc) is 2.74. The smallest absolute Gasteiger partial charge is 0.312 e. The van der Waals surface area contributed by atoms with E-state index in [4.69, 9.17) is 9.47 Å². The van der Waals surface area contributed by atoms with Gasteiger partial charge in [-0.05, 0) is 12.8 Å². The molecule has 16 heavy (non-hydrogen) atoms. The van der Waals surface area contributed by atoms with Crippen LogP contribution < -0.4 is 0 Å². The van der Waals surface area contributed by atoms with Crippen LogP contribution in [-0.2, 0) is 14.3 Å². The van der Waals surface area contributed by atoms with Crippen molar-refractivity contribution in [2.75, 3.05) is 6.61 Å². The molecule has 0 aromatic rings. The zero-order chi connectivity index (χ0) is 11.9. The molecule has 3 rings (SSSR count). The first-order valence-corrected chi connectivity index (χ1v) is 10.2. The van der Waals surface area contributed by atoms with Gasteiger partial charge in [-0.2, -0.15) is 0 Å². The van der Waals surface area contributed by atoms with Gasteiger partial charge in [0.1, 0.15) is 0 Å². The van der Waals surface area contributed by atoms with E-state index >= 15 is 0 Å². The molecule has 4 heteroatoms. The van der Waals surface area contributed by atoms with Crippen molar-refractivity contribution in [2.24, 2.45) is 11.8 Å². The maximum absolute atomic E-state index is 11.1. The summed E-state index contributed by atoms with van der Waals surface area (Å²) in [4.78, 5) is 11.1. The number of ether oxygens (including phenoxy) is 2. The lowest BCUT2D eigenvalue weighted by molar-refractivity contribution is -0.143. The zero-order valence-corrected chi connectivity index (χ0v) is 11.7. The van der Waals surface area contributed by atoms with Crippen LogP contribution in [-0.4, -0.2) is 32.9 Å². The predicted molar refractivity (Wildman–Crippen MR) is 65.0 cm³/mol. The van der Waals surface area contributed by atoms with Crippen LogP contribution in [0.2, 0.25) is 26.2 Å². The van der Waals surface area contributed by atoms with Gasteiger partial charge in [-0.3, -0.25) is 4.79 Å². The van der Waals surface area contributed by atoms with Gasteiger partial charge in [0.25, 0.3) is 0 Å². The minimum atomic E-state index is -0.611. The standard InChI is InChI=1S/C8H10O3.C4H12Si/c9-8-7-4(3-10-8)5-1-2-6(7)11-5;1-5(2,3)4/h4-7H,1-3H2;1-4H3. The van der Waals surface area contributed by atoms with E-state index in [-0.39, 0.29) is 18.0 Å². The van der Waals surface area contributed by atoms with Gasteiger partial charge in [-0.15, -0.1) is 0 Å². The van der Waals surface area contributed by atoms with Crippen LogP contribution in [0.3, 0.4) is 0 Å². The molecule has 92 valence electrons. The minimum Gasteiger partial charge on any atom is -0.465 e. The Balaban J connectivity index is 0.000000168. The molecule has 0 saturated carbocycles. The van der Waals surface area contributed by atoms with Crippen molar-refractivity contribution in [3.05, 3.63) is 0 Å². The Bertz CT molecular complexity index is 278. The Labute approximate surface area is 98.5 Å². The summed E-state index contributed by atoms with van der Waals surface area (Å²) < 4.78 is 10.6. The lowest BCUT2D eigenvalue weighted by Gasteiger charge is -2.14. The molecule has 2 bridgehead atoms. The van der Waals surface area contributed by atoms with Gasteiger partial charge >= 0.3 is 5.97 Å². The lowest BCUT2D eigenvalue weighted by atomic mass is 9.81. The van der Waals surface area contributed by atoms with E-state index in [2.05, 4.69) is 26.2 Å². The predicted octanol–water partition coefficient (Wildman–Crippen LogP) is 2.29. The van der Waals surface area contributed by atoms with E-state index in [1.54, 1.807) is 0 Å². The number of fused-ring (bicyclic) bond motifs is 5.